The molecule has 2 fully saturated rings. The van der Waals surface area contributed by atoms with Gasteiger partial charge in [-0.05, 0) is 62.9 Å². The van der Waals surface area contributed by atoms with E-state index in [0.717, 1.165) is 51.6 Å². The van der Waals surface area contributed by atoms with Gasteiger partial charge in [-0.15, -0.1) is 0 Å². The van der Waals surface area contributed by atoms with Crippen LogP contribution in [-0.4, -0.2) is 54.1 Å². The fourth-order valence-electron chi connectivity index (χ4n) is 4.45. The Labute approximate surface area is 162 Å². The van der Waals surface area contributed by atoms with E-state index in [2.05, 4.69) is 59.5 Å². The summed E-state index contributed by atoms with van der Waals surface area (Å²) in [6.45, 7) is 13.5. The summed E-state index contributed by atoms with van der Waals surface area (Å²) in [6.07, 6.45) is 2.37. The van der Waals surface area contributed by atoms with Crippen LogP contribution in [0.3, 0.4) is 0 Å². The van der Waals surface area contributed by atoms with Crippen LogP contribution in [0.15, 0.2) is 24.3 Å². The number of ether oxygens (including phenoxy) is 1. The molecule has 2 aliphatic heterocycles. The summed E-state index contributed by atoms with van der Waals surface area (Å²) >= 11 is 0. The summed E-state index contributed by atoms with van der Waals surface area (Å²) in [5.41, 5.74) is 6.62. The molecule has 1 aromatic carbocycles. The van der Waals surface area contributed by atoms with Crippen molar-refractivity contribution in [1.82, 2.24) is 14.7 Å². The largest absolute Gasteiger partial charge is 0.378 e. The lowest BCUT2D eigenvalue weighted by atomic mass is 10.0. The van der Waals surface area contributed by atoms with E-state index in [1.165, 1.54) is 35.3 Å². The molecular formula is C22H32N4O. The zero-order valence-corrected chi connectivity index (χ0v) is 16.9. The maximum absolute atomic E-state index is 5.47. The molecule has 0 atom stereocenters. The van der Waals surface area contributed by atoms with Crippen molar-refractivity contribution in [2.75, 3.05) is 44.3 Å². The summed E-state index contributed by atoms with van der Waals surface area (Å²) < 4.78 is 7.72. The topological polar surface area (TPSA) is 33.5 Å². The number of piperidine rings is 1. The molecule has 5 nitrogen and oxygen atoms in total. The number of hydrogen-bond donors (Lipinski definition) is 0. The maximum atomic E-state index is 5.47. The molecule has 0 radical (unpaired) electrons. The van der Waals surface area contributed by atoms with Gasteiger partial charge in [-0.25, -0.2) is 0 Å². The third kappa shape index (κ3) is 4.19. The Hall–Kier alpha value is -1.85. The highest BCUT2D eigenvalue weighted by Crippen LogP contribution is 2.26. The van der Waals surface area contributed by atoms with Crippen LogP contribution in [0.25, 0.3) is 0 Å². The first-order valence-electron chi connectivity index (χ1n) is 10.3. The third-order valence-corrected chi connectivity index (χ3v) is 6.04. The highest BCUT2D eigenvalue weighted by molar-refractivity contribution is 5.51. The lowest BCUT2D eigenvalue weighted by Gasteiger charge is -2.33. The number of likely N-dealkylation sites (tertiary alicyclic amines) is 1. The molecule has 0 bridgehead atoms. The van der Waals surface area contributed by atoms with Gasteiger partial charge < -0.3 is 9.64 Å². The minimum Gasteiger partial charge on any atom is -0.378 e. The second-order valence-corrected chi connectivity index (χ2v) is 8.09. The van der Waals surface area contributed by atoms with Crippen LogP contribution in [0, 0.1) is 20.8 Å². The van der Waals surface area contributed by atoms with Gasteiger partial charge >= 0.3 is 0 Å². The van der Waals surface area contributed by atoms with E-state index < -0.39 is 0 Å². The van der Waals surface area contributed by atoms with Gasteiger partial charge in [0.05, 0.1) is 24.9 Å². The van der Waals surface area contributed by atoms with Gasteiger partial charge in [-0.3, -0.25) is 9.58 Å². The Morgan fingerprint density at radius 1 is 1.00 bits per heavy atom. The zero-order valence-electron chi connectivity index (χ0n) is 16.9. The van der Waals surface area contributed by atoms with Crippen LogP contribution in [0.4, 0.5) is 5.69 Å². The van der Waals surface area contributed by atoms with Crippen molar-refractivity contribution in [2.24, 2.45) is 0 Å². The Bertz CT molecular complexity index is 771. The zero-order chi connectivity index (χ0) is 18.8. The van der Waals surface area contributed by atoms with Crippen molar-refractivity contribution < 1.29 is 4.74 Å². The van der Waals surface area contributed by atoms with Crippen LogP contribution in [0.1, 0.15) is 41.4 Å². The Kier molecular flexibility index (Phi) is 5.50. The van der Waals surface area contributed by atoms with E-state index in [0.29, 0.717) is 6.04 Å². The second kappa shape index (κ2) is 8.03. The quantitative estimate of drug-likeness (QED) is 0.827. The molecule has 0 aliphatic carbocycles. The number of nitrogens with zero attached hydrogens (tertiary/aromatic N) is 4. The lowest BCUT2D eigenvalue weighted by molar-refractivity contribution is 0.122. The maximum Gasteiger partial charge on any atom is 0.0642 e. The molecule has 27 heavy (non-hydrogen) atoms. The van der Waals surface area contributed by atoms with Crippen molar-refractivity contribution >= 4 is 5.69 Å². The number of morpholine rings is 1. The molecule has 2 saturated heterocycles. The van der Waals surface area contributed by atoms with Gasteiger partial charge in [0.25, 0.3) is 0 Å². The highest BCUT2D eigenvalue weighted by atomic mass is 16.5. The molecule has 2 aliphatic rings. The first kappa shape index (κ1) is 18.5. The Morgan fingerprint density at radius 3 is 2.37 bits per heavy atom. The fraction of sp³-hybridized carbons (Fsp3) is 0.591. The number of rotatable bonds is 4. The molecule has 2 aromatic rings. The predicted molar refractivity (Wildman–Crippen MR) is 109 cm³/mol. The van der Waals surface area contributed by atoms with Crippen molar-refractivity contribution in [3.8, 4) is 0 Å². The summed E-state index contributed by atoms with van der Waals surface area (Å²) in [5, 5.41) is 4.70. The monoisotopic (exact) mass is 368 g/mol. The van der Waals surface area contributed by atoms with E-state index in [-0.39, 0.29) is 0 Å². The molecule has 0 N–H and O–H groups in total. The molecule has 0 amide bonds. The van der Waals surface area contributed by atoms with Crippen LogP contribution >= 0.6 is 0 Å². The van der Waals surface area contributed by atoms with E-state index in [4.69, 9.17) is 9.84 Å². The number of aromatic nitrogens is 2. The normalized spacial score (nSPS) is 19.6. The molecule has 0 unspecified atom stereocenters. The molecule has 0 saturated carbocycles. The van der Waals surface area contributed by atoms with Gasteiger partial charge in [0.1, 0.15) is 0 Å². The molecule has 5 heteroatoms. The van der Waals surface area contributed by atoms with Gasteiger partial charge in [0.15, 0.2) is 0 Å². The van der Waals surface area contributed by atoms with Crippen molar-refractivity contribution in [3.05, 3.63) is 46.8 Å². The summed E-state index contributed by atoms with van der Waals surface area (Å²) in [5.74, 6) is 0. The van der Waals surface area contributed by atoms with Crippen LogP contribution in [0.2, 0.25) is 0 Å². The minimum absolute atomic E-state index is 0.555. The molecule has 4 rings (SSSR count). The summed E-state index contributed by atoms with van der Waals surface area (Å²) in [4.78, 5) is 5.03. The highest BCUT2D eigenvalue weighted by Gasteiger charge is 2.23. The summed E-state index contributed by atoms with van der Waals surface area (Å²) in [6, 6.07) is 9.71. The van der Waals surface area contributed by atoms with Crippen molar-refractivity contribution in [2.45, 2.75) is 46.2 Å². The summed E-state index contributed by atoms with van der Waals surface area (Å²) in [7, 11) is 0. The number of anilines is 1. The van der Waals surface area contributed by atoms with Crippen molar-refractivity contribution in [1.29, 1.82) is 0 Å². The Morgan fingerprint density at radius 2 is 1.74 bits per heavy atom. The molecule has 146 valence electrons. The van der Waals surface area contributed by atoms with Crippen LogP contribution in [-0.2, 0) is 11.3 Å². The van der Waals surface area contributed by atoms with Gasteiger partial charge in [-0.2, -0.15) is 5.10 Å². The number of hydrogen-bond acceptors (Lipinski definition) is 4. The van der Waals surface area contributed by atoms with Crippen LogP contribution < -0.4 is 4.90 Å². The van der Waals surface area contributed by atoms with E-state index in [1.54, 1.807) is 0 Å². The van der Waals surface area contributed by atoms with Gasteiger partial charge in [0, 0.05) is 44.1 Å². The van der Waals surface area contributed by atoms with E-state index in [1.807, 2.05) is 0 Å². The molecule has 3 heterocycles. The lowest BCUT2D eigenvalue weighted by Crippen LogP contribution is -2.36. The predicted octanol–water partition coefficient (Wildman–Crippen LogP) is 3.48. The molecule has 1 aromatic heterocycles. The Balaban J connectivity index is 1.35. The van der Waals surface area contributed by atoms with Crippen LogP contribution in [0.5, 0.6) is 0 Å². The standard InChI is InChI=1S/C22H32N4O/c1-17-14-22(25-10-12-27-13-11-25)5-4-20(17)16-24-8-6-21(7-9-24)26-19(3)15-18(2)23-26/h4-5,14-15,21H,6-13,16H2,1-3H3. The van der Waals surface area contributed by atoms with Crippen molar-refractivity contribution in [3.63, 3.8) is 0 Å². The third-order valence-electron chi connectivity index (χ3n) is 6.04. The van der Waals surface area contributed by atoms with E-state index >= 15 is 0 Å². The SMILES string of the molecule is Cc1cc(C)n(C2CCN(Cc3ccc(N4CCOCC4)cc3C)CC2)n1. The van der Waals surface area contributed by atoms with Gasteiger partial charge in [0.2, 0.25) is 0 Å². The fourth-order valence-corrected chi connectivity index (χ4v) is 4.45. The first-order valence-corrected chi connectivity index (χ1v) is 10.3. The number of benzene rings is 1. The second-order valence-electron chi connectivity index (χ2n) is 8.09. The number of aryl methyl sites for hydroxylation is 3. The minimum atomic E-state index is 0.555. The average molecular weight is 369 g/mol. The molecule has 0 spiro atoms. The van der Waals surface area contributed by atoms with E-state index in [9.17, 15) is 0 Å². The first-order chi connectivity index (χ1) is 13.1. The molecular weight excluding hydrogens is 336 g/mol. The average Bonchev–Trinajstić information content (AvgIpc) is 3.03. The van der Waals surface area contributed by atoms with Gasteiger partial charge in [-0.1, -0.05) is 6.07 Å². The smallest absolute Gasteiger partial charge is 0.0642 e.